The number of halogens is 1. The van der Waals surface area contributed by atoms with E-state index in [-0.39, 0.29) is 5.91 Å². The molecule has 206 valence electrons. The number of nitrogens with zero attached hydrogens (tertiary/aromatic N) is 5. The van der Waals surface area contributed by atoms with Crippen LogP contribution in [0.1, 0.15) is 48.2 Å². The second-order valence-electron chi connectivity index (χ2n) is 9.71. The van der Waals surface area contributed by atoms with Crippen molar-refractivity contribution < 1.29 is 4.79 Å². The summed E-state index contributed by atoms with van der Waals surface area (Å²) in [7, 11) is 0. The minimum Gasteiger partial charge on any atom is -0.356 e. The molecule has 4 rings (SSSR count). The number of aromatic nitrogens is 2. The number of benzene rings is 2. The van der Waals surface area contributed by atoms with Crippen LogP contribution in [0.4, 0.5) is 5.82 Å². The highest BCUT2D eigenvalue weighted by atomic mass is 35.5. The Kier molecular flexibility index (Phi) is 11.2. The summed E-state index contributed by atoms with van der Waals surface area (Å²) in [5.41, 5.74) is 3.07. The van der Waals surface area contributed by atoms with Gasteiger partial charge >= 0.3 is 0 Å². The van der Waals surface area contributed by atoms with Gasteiger partial charge in [-0.15, -0.1) is 0 Å². The molecule has 6 nitrogen and oxygen atoms in total. The predicted molar refractivity (Wildman–Crippen MR) is 164 cm³/mol. The molecule has 1 amide bonds. The second-order valence-corrected chi connectivity index (χ2v) is 11.0. The standard InChI is InChI=1S/C31H38ClN5OS/c1-3-16-36(17-4-2)29-23-28(32)33-31(34-29)39-24-26-12-14-27(15-13-26)30(38)37-21-19-35(20-22-37)18-8-11-25-9-6-5-7-10-25/h5-15,23H,3-4,16-22,24H2,1-2H3/b11-8+. The van der Waals surface area contributed by atoms with Crippen molar-refractivity contribution in [2.75, 3.05) is 50.7 Å². The zero-order valence-electron chi connectivity index (χ0n) is 22.9. The van der Waals surface area contributed by atoms with Crippen molar-refractivity contribution in [1.29, 1.82) is 0 Å². The number of piperazine rings is 1. The molecule has 8 heteroatoms. The Balaban J connectivity index is 1.26. The first kappa shape index (κ1) is 29.1. The molecule has 0 unspecified atom stereocenters. The molecule has 1 aromatic heterocycles. The van der Waals surface area contributed by atoms with Crippen LogP contribution in [0, 0.1) is 0 Å². The van der Waals surface area contributed by atoms with Crippen LogP contribution in [-0.2, 0) is 5.75 Å². The smallest absolute Gasteiger partial charge is 0.253 e. The molecule has 0 saturated carbocycles. The molecule has 1 fully saturated rings. The third kappa shape index (κ3) is 8.82. The van der Waals surface area contributed by atoms with E-state index < -0.39 is 0 Å². The van der Waals surface area contributed by atoms with Crippen LogP contribution in [0.15, 0.2) is 71.9 Å². The van der Waals surface area contributed by atoms with Crippen molar-refractivity contribution in [3.05, 3.63) is 88.6 Å². The maximum absolute atomic E-state index is 13.1. The van der Waals surface area contributed by atoms with Gasteiger partial charge in [0.25, 0.3) is 5.91 Å². The monoisotopic (exact) mass is 563 g/mol. The predicted octanol–water partition coefficient (Wildman–Crippen LogP) is 6.52. The van der Waals surface area contributed by atoms with Crippen LogP contribution >= 0.6 is 23.4 Å². The van der Waals surface area contributed by atoms with Gasteiger partial charge in [-0.25, -0.2) is 9.97 Å². The number of amides is 1. The van der Waals surface area contributed by atoms with E-state index >= 15 is 0 Å². The number of thioether (sulfide) groups is 1. The van der Waals surface area contributed by atoms with E-state index in [0.717, 1.165) is 75.6 Å². The van der Waals surface area contributed by atoms with Crippen LogP contribution in [0.2, 0.25) is 5.15 Å². The molecule has 1 saturated heterocycles. The number of hydrogen-bond acceptors (Lipinski definition) is 6. The number of rotatable bonds is 12. The van der Waals surface area contributed by atoms with Crippen LogP contribution in [0.3, 0.4) is 0 Å². The Morgan fingerprint density at radius 2 is 1.67 bits per heavy atom. The Morgan fingerprint density at radius 1 is 0.974 bits per heavy atom. The van der Waals surface area contributed by atoms with Crippen molar-refractivity contribution in [2.24, 2.45) is 0 Å². The second kappa shape index (κ2) is 15.1. The van der Waals surface area contributed by atoms with E-state index in [4.69, 9.17) is 16.6 Å². The Morgan fingerprint density at radius 3 is 2.33 bits per heavy atom. The van der Waals surface area contributed by atoms with Crippen molar-refractivity contribution in [1.82, 2.24) is 19.8 Å². The Bertz CT molecular complexity index is 1210. The van der Waals surface area contributed by atoms with Crippen molar-refractivity contribution in [3.63, 3.8) is 0 Å². The first-order valence-electron chi connectivity index (χ1n) is 13.8. The summed E-state index contributed by atoms with van der Waals surface area (Å²) in [6, 6.07) is 20.1. The summed E-state index contributed by atoms with van der Waals surface area (Å²) in [5.74, 6) is 1.70. The summed E-state index contributed by atoms with van der Waals surface area (Å²) in [6.07, 6.45) is 6.46. The van der Waals surface area contributed by atoms with E-state index in [1.807, 2.05) is 53.4 Å². The van der Waals surface area contributed by atoms with Gasteiger partial charge < -0.3 is 9.80 Å². The lowest BCUT2D eigenvalue weighted by Crippen LogP contribution is -2.48. The van der Waals surface area contributed by atoms with E-state index in [1.54, 1.807) is 11.8 Å². The van der Waals surface area contributed by atoms with Gasteiger partial charge in [0.1, 0.15) is 11.0 Å². The van der Waals surface area contributed by atoms with Gasteiger partial charge in [-0.05, 0) is 36.1 Å². The Labute approximate surface area is 242 Å². The van der Waals surface area contributed by atoms with E-state index in [2.05, 4.69) is 52.9 Å². The van der Waals surface area contributed by atoms with Gasteiger partial charge in [-0.3, -0.25) is 9.69 Å². The largest absolute Gasteiger partial charge is 0.356 e. The first-order valence-corrected chi connectivity index (χ1v) is 15.2. The summed E-state index contributed by atoms with van der Waals surface area (Å²) in [4.78, 5) is 28.9. The average Bonchev–Trinajstić information content (AvgIpc) is 2.96. The topological polar surface area (TPSA) is 52.6 Å². The SMILES string of the molecule is CCCN(CCC)c1cc(Cl)nc(SCc2ccc(C(=O)N3CCN(C/C=C/c4ccccc4)CC3)cc2)n1. The van der Waals surface area contributed by atoms with Gasteiger partial charge in [0.15, 0.2) is 5.16 Å². The number of carbonyl (C=O) groups excluding carboxylic acids is 1. The molecule has 39 heavy (non-hydrogen) atoms. The fourth-order valence-electron chi connectivity index (χ4n) is 4.60. The van der Waals surface area contributed by atoms with Gasteiger partial charge in [-0.1, -0.05) is 91.8 Å². The van der Waals surface area contributed by atoms with E-state index in [0.29, 0.717) is 16.1 Å². The quantitative estimate of drug-likeness (QED) is 0.142. The first-order chi connectivity index (χ1) is 19.1. The summed E-state index contributed by atoms with van der Waals surface area (Å²) in [6.45, 7) is 10.4. The molecule has 0 atom stereocenters. The van der Waals surface area contributed by atoms with E-state index in [1.165, 1.54) is 5.56 Å². The lowest BCUT2D eigenvalue weighted by Gasteiger charge is -2.34. The summed E-state index contributed by atoms with van der Waals surface area (Å²) < 4.78 is 0. The van der Waals surface area contributed by atoms with Crippen molar-refractivity contribution in [2.45, 2.75) is 37.6 Å². The highest BCUT2D eigenvalue weighted by Gasteiger charge is 2.21. The third-order valence-electron chi connectivity index (χ3n) is 6.67. The fraction of sp³-hybridized carbons (Fsp3) is 0.387. The molecule has 0 bridgehead atoms. The molecule has 2 aromatic carbocycles. The van der Waals surface area contributed by atoms with E-state index in [9.17, 15) is 4.79 Å². The van der Waals surface area contributed by atoms with Gasteiger partial charge in [0.05, 0.1) is 0 Å². The minimum absolute atomic E-state index is 0.100. The number of hydrogen-bond donors (Lipinski definition) is 0. The van der Waals surface area contributed by atoms with Crippen molar-refractivity contribution >= 4 is 41.2 Å². The molecule has 2 heterocycles. The normalized spacial score (nSPS) is 14.2. The van der Waals surface area contributed by atoms with Crippen molar-refractivity contribution in [3.8, 4) is 0 Å². The summed E-state index contributed by atoms with van der Waals surface area (Å²) >= 11 is 7.89. The third-order valence-corrected chi connectivity index (χ3v) is 7.79. The van der Waals surface area contributed by atoms with Gasteiger partial charge in [0, 0.05) is 63.2 Å². The van der Waals surface area contributed by atoms with Crippen LogP contribution in [0.5, 0.6) is 0 Å². The molecule has 1 aliphatic heterocycles. The van der Waals surface area contributed by atoms with Gasteiger partial charge in [-0.2, -0.15) is 0 Å². The van der Waals surface area contributed by atoms with Crippen LogP contribution in [-0.4, -0.2) is 71.5 Å². The van der Waals surface area contributed by atoms with Crippen LogP contribution < -0.4 is 4.90 Å². The average molecular weight is 564 g/mol. The number of anilines is 1. The zero-order chi connectivity index (χ0) is 27.5. The Hall–Kier alpha value is -2.87. The van der Waals surface area contributed by atoms with Gasteiger partial charge in [0.2, 0.25) is 0 Å². The molecule has 1 aliphatic rings. The number of carbonyl (C=O) groups is 1. The zero-order valence-corrected chi connectivity index (χ0v) is 24.5. The molecule has 0 N–H and O–H groups in total. The molecule has 0 aliphatic carbocycles. The fourth-order valence-corrected chi connectivity index (χ4v) is 5.64. The minimum atomic E-state index is 0.100. The maximum Gasteiger partial charge on any atom is 0.253 e. The maximum atomic E-state index is 13.1. The highest BCUT2D eigenvalue weighted by molar-refractivity contribution is 7.98. The molecule has 0 radical (unpaired) electrons. The molecule has 3 aromatic rings. The molecular formula is C31H38ClN5OS. The lowest BCUT2D eigenvalue weighted by atomic mass is 10.1. The molecular weight excluding hydrogens is 526 g/mol. The van der Waals surface area contributed by atoms with Crippen LogP contribution in [0.25, 0.3) is 6.08 Å². The molecule has 0 spiro atoms. The summed E-state index contributed by atoms with van der Waals surface area (Å²) in [5, 5.41) is 1.14. The highest BCUT2D eigenvalue weighted by Crippen LogP contribution is 2.25. The lowest BCUT2D eigenvalue weighted by molar-refractivity contribution is 0.0650.